The second kappa shape index (κ2) is 6.94. The number of esters is 1. The number of ether oxygens (including phenoxy) is 1. The van der Waals surface area contributed by atoms with Crippen LogP contribution in [0.5, 0.6) is 0 Å². The van der Waals surface area contributed by atoms with Gasteiger partial charge < -0.3 is 4.74 Å². The van der Waals surface area contributed by atoms with E-state index in [9.17, 15) is 9.59 Å². The zero-order valence-electron chi connectivity index (χ0n) is 23.5. The largest absolute Gasteiger partial charge is 0.469 e. The summed E-state index contributed by atoms with van der Waals surface area (Å²) in [7, 11) is 1.52. The van der Waals surface area contributed by atoms with Crippen LogP contribution in [0.1, 0.15) is 93.4 Å². The second-order valence-corrected chi connectivity index (χ2v) is 15.0. The van der Waals surface area contributed by atoms with Crippen molar-refractivity contribution < 1.29 is 24.1 Å². The molecule has 1 aliphatic heterocycles. The van der Waals surface area contributed by atoms with Gasteiger partial charge in [0.1, 0.15) is 6.10 Å². The highest BCUT2D eigenvalue weighted by Gasteiger charge is 2.82. The van der Waals surface area contributed by atoms with E-state index in [2.05, 4.69) is 60.6 Å². The molecule has 0 amide bonds. The molecule has 5 nitrogen and oxygen atoms in total. The van der Waals surface area contributed by atoms with Gasteiger partial charge in [-0.05, 0) is 79.1 Å². The molecule has 36 heavy (non-hydrogen) atoms. The van der Waals surface area contributed by atoms with E-state index in [-0.39, 0.29) is 45.9 Å². The molecule has 4 fully saturated rings. The van der Waals surface area contributed by atoms with Crippen LogP contribution in [-0.4, -0.2) is 30.6 Å². The van der Waals surface area contributed by atoms with Gasteiger partial charge >= 0.3 is 5.97 Å². The first-order chi connectivity index (χ1) is 16.7. The van der Waals surface area contributed by atoms with E-state index in [0.717, 1.165) is 44.9 Å². The maximum atomic E-state index is 14.6. The molecule has 0 aromatic carbocycles. The predicted octanol–water partition coefficient (Wildman–Crippen LogP) is 6.37. The van der Waals surface area contributed by atoms with E-state index in [1.165, 1.54) is 12.7 Å². The van der Waals surface area contributed by atoms with Gasteiger partial charge in [0.2, 0.25) is 0 Å². The molecular weight excluding hydrogens is 452 g/mol. The van der Waals surface area contributed by atoms with Crippen molar-refractivity contribution in [1.82, 2.24) is 0 Å². The lowest BCUT2D eigenvalue weighted by atomic mass is 9.32. The summed E-state index contributed by atoms with van der Waals surface area (Å²) in [5, 5.41) is 0. The Balaban J connectivity index is 1.57. The lowest BCUT2D eigenvalue weighted by molar-refractivity contribution is -0.350. The Labute approximate surface area is 216 Å². The fourth-order valence-corrected chi connectivity index (χ4v) is 10.6. The predicted molar refractivity (Wildman–Crippen MR) is 137 cm³/mol. The molecular formula is C31H44O5. The van der Waals surface area contributed by atoms with E-state index in [0.29, 0.717) is 0 Å². The quantitative estimate of drug-likeness (QED) is 0.240. The Morgan fingerprint density at radius 3 is 2.39 bits per heavy atom. The van der Waals surface area contributed by atoms with Gasteiger partial charge in [-0.2, -0.15) is 0 Å². The summed E-state index contributed by atoms with van der Waals surface area (Å²) in [5.41, 5.74) is -1.50. The topological polar surface area (TPSA) is 61.8 Å². The van der Waals surface area contributed by atoms with Crippen LogP contribution in [0, 0.1) is 44.3 Å². The maximum Gasteiger partial charge on any atom is 0.312 e. The van der Waals surface area contributed by atoms with Crippen LogP contribution in [0.15, 0.2) is 23.8 Å². The van der Waals surface area contributed by atoms with Crippen LogP contribution < -0.4 is 0 Å². The first-order valence-electron chi connectivity index (χ1n) is 14.0. The van der Waals surface area contributed by atoms with Crippen molar-refractivity contribution in [3.63, 3.8) is 0 Å². The van der Waals surface area contributed by atoms with Crippen molar-refractivity contribution in [2.24, 2.45) is 44.3 Å². The molecule has 198 valence electrons. The number of allylic oxidation sites excluding steroid dienone is 2. The van der Waals surface area contributed by atoms with Crippen molar-refractivity contribution in [2.75, 3.05) is 7.11 Å². The molecule has 0 aromatic rings. The number of carbonyl (C=O) groups excluding carboxylic acids is 2. The molecule has 8 atom stereocenters. The lowest BCUT2D eigenvalue weighted by Gasteiger charge is -2.70. The molecule has 0 N–H and O–H groups in total. The Morgan fingerprint density at radius 2 is 1.69 bits per heavy atom. The number of carbonyl (C=O) groups is 2. The number of rotatable bonds is 1. The lowest BCUT2D eigenvalue weighted by Crippen LogP contribution is -2.75. The molecule has 0 bridgehead atoms. The van der Waals surface area contributed by atoms with Gasteiger partial charge in [0.15, 0.2) is 11.4 Å². The van der Waals surface area contributed by atoms with Crippen LogP contribution in [0.2, 0.25) is 0 Å². The van der Waals surface area contributed by atoms with E-state index in [1.807, 2.05) is 6.08 Å². The van der Waals surface area contributed by atoms with Crippen LogP contribution in [0.4, 0.5) is 0 Å². The number of ketones is 1. The number of methoxy groups -OCH3 is 1. The minimum Gasteiger partial charge on any atom is -0.469 e. The summed E-state index contributed by atoms with van der Waals surface area (Å²) in [6.45, 7) is 16.1. The van der Waals surface area contributed by atoms with Crippen molar-refractivity contribution in [3.05, 3.63) is 23.8 Å². The van der Waals surface area contributed by atoms with E-state index >= 15 is 0 Å². The molecule has 6 rings (SSSR count). The van der Waals surface area contributed by atoms with Gasteiger partial charge in [-0.3, -0.25) is 9.59 Å². The smallest absolute Gasteiger partial charge is 0.312 e. The normalized spacial score (nSPS) is 51.8. The molecule has 5 aliphatic carbocycles. The highest BCUT2D eigenvalue weighted by atomic mass is 17.2. The average Bonchev–Trinajstić information content (AvgIpc) is 3.12. The number of fused-ring (bicyclic) bond motifs is 4. The molecule has 0 unspecified atom stereocenters. The van der Waals surface area contributed by atoms with Crippen molar-refractivity contribution in [3.8, 4) is 0 Å². The molecule has 1 heterocycles. The minimum absolute atomic E-state index is 0.0110. The van der Waals surface area contributed by atoms with Gasteiger partial charge in [0.25, 0.3) is 0 Å². The second-order valence-electron chi connectivity index (χ2n) is 15.0. The average molecular weight is 497 g/mol. The fraction of sp³-hybridized carbons (Fsp3) is 0.806. The van der Waals surface area contributed by atoms with Gasteiger partial charge in [-0.1, -0.05) is 66.2 Å². The SMILES string of the molecule is COC(=O)[C@]12CCC(C)(C)C[C@H]1C1=CC(=O)[C@@]34OO[C@H]5C=CC(C)(C)[C@H](CC[C@@]3(C)[C@]1(C)CC2)[C@]54C. The van der Waals surface area contributed by atoms with Crippen molar-refractivity contribution in [2.45, 2.75) is 105 Å². The van der Waals surface area contributed by atoms with Gasteiger partial charge in [0, 0.05) is 10.8 Å². The monoisotopic (exact) mass is 496 g/mol. The highest BCUT2D eigenvalue weighted by Crippen LogP contribution is 2.78. The molecule has 1 spiro atoms. The Morgan fingerprint density at radius 1 is 1.00 bits per heavy atom. The van der Waals surface area contributed by atoms with E-state index in [1.54, 1.807) is 0 Å². The van der Waals surface area contributed by atoms with Gasteiger partial charge in [-0.25, -0.2) is 9.78 Å². The van der Waals surface area contributed by atoms with Crippen LogP contribution in [-0.2, 0) is 24.1 Å². The molecule has 5 heteroatoms. The van der Waals surface area contributed by atoms with E-state index < -0.39 is 21.8 Å². The fourth-order valence-electron chi connectivity index (χ4n) is 10.6. The minimum atomic E-state index is -1.04. The summed E-state index contributed by atoms with van der Waals surface area (Å²) in [6, 6.07) is 0. The van der Waals surface area contributed by atoms with Gasteiger partial charge in [0.05, 0.1) is 12.5 Å². The van der Waals surface area contributed by atoms with Crippen LogP contribution in [0.25, 0.3) is 0 Å². The van der Waals surface area contributed by atoms with Crippen molar-refractivity contribution >= 4 is 11.8 Å². The zero-order chi connectivity index (χ0) is 26.2. The Hall–Kier alpha value is -1.46. The summed E-state index contributed by atoms with van der Waals surface area (Å²) < 4.78 is 5.44. The summed E-state index contributed by atoms with van der Waals surface area (Å²) in [5.74, 6) is 0.239. The Bertz CT molecular complexity index is 1100. The number of hydrogen-bond acceptors (Lipinski definition) is 5. The van der Waals surface area contributed by atoms with Gasteiger partial charge in [-0.15, -0.1) is 0 Å². The van der Waals surface area contributed by atoms with Crippen molar-refractivity contribution in [1.29, 1.82) is 0 Å². The van der Waals surface area contributed by atoms with E-state index in [4.69, 9.17) is 14.5 Å². The first kappa shape index (κ1) is 24.9. The third kappa shape index (κ3) is 2.47. The first-order valence-corrected chi connectivity index (χ1v) is 14.0. The maximum absolute atomic E-state index is 14.6. The summed E-state index contributed by atoms with van der Waals surface area (Å²) in [4.78, 5) is 40.6. The third-order valence-electron chi connectivity index (χ3n) is 12.9. The highest BCUT2D eigenvalue weighted by molar-refractivity contribution is 6.02. The third-order valence-corrected chi connectivity index (χ3v) is 12.9. The molecule has 0 aromatic heterocycles. The molecule has 3 saturated carbocycles. The van der Waals surface area contributed by atoms with Crippen LogP contribution >= 0.6 is 0 Å². The summed E-state index contributed by atoms with van der Waals surface area (Å²) in [6.07, 6.45) is 12.4. The number of hydrogen-bond donors (Lipinski definition) is 0. The molecule has 1 saturated heterocycles. The Kier molecular flexibility index (Phi) is 4.79. The zero-order valence-corrected chi connectivity index (χ0v) is 23.5. The molecule has 6 aliphatic rings. The molecule has 0 radical (unpaired) electrons. The summed E-state index contributed by atoms with van der Waals surface area (Å²) >= 11 is 0. The standard InChI is InChI=1S/C31H44O5/c1-25(2)13-15-30(24(33)34-8)16-14-27(5)19(20(30)18-25)17-22(32)31-28(27,6)12-9-21-26(3,4)11-10-23(35-36-31)29(21,31)7/h10-11,17,20-21,23H,9,12-16,18H2,1-8H3/t20-,21-,23-,27+,28-,29+,30-,31+/m0/s1. The van der Waals surface area contributed by atoms with Crippen LogP contribution in [0.3, 0.4) is 0 Å².